The lowest BCUT2D eigenvalue weighted by Crippen LogP contribution is -2.26. The molecule has 1 saturated heterocycles. The second kappa shape index (κ2) is 7.78. The predicted molar refractivity (Wildman–Crippen MR) is 104 cm³/mol. The topological polar surface area (TPSA) is 84.7 Å². The van der Waals surface area contributed by atoms with E-state index in [0.29, 0.717) is 41.9 Å². The first-order chi connectivity index (χ1) is 15.3. The van der Waals surface area contributed by atoms with Gasteiger partial charge in [-0.1, -0.05) is 0 Å². The zero-order valence-corrected chi connectivity index (χ0v) is 16.7. The molecular weight excluding hydrogens is 435 g/mol. The second-order valence-electron chi connectivity index (χ2n) is 8.22. The van der Waals surface area contributed by atoms with E-state index in [1.165, 1.54) is 6.20 Å². The van der Waals surface area contributed by atoms with Crippen LogP contribution in [0.25, 0.3) is 11.2 Å². The smallest absolute Gasteiger partial charge is 0.366 e. The molecular formula is C19H19F5N8. The van der Waals surface area contributed by atoms with Crippen LogP contribution in [-0.2, 0) is 12.7 Å². The number of nitrogens with zero attached hydrogens (tertiary/aromatic N) is 7. The van der Waals surface area contributed by atoms with E-state index in [1.54, 1.807) is 6.20 Å². The molecule has 0 spiro atoms. The van der Waals surface area contributed by atoms with Crippen molar-refractivity contribution in [2.75, 3.05) is 23.3 Å². The van der Waals surface area contributed by atoms with Crippen molar-refractivity contribution in [3.8, 4) is 0 Å². The third kappa shape index (κ3) is 4.02. The third-order valence-electron chi connectivity index (χ3n) is 6.05. The van der Waals surface area contributed by atoms with Gasteiger partial charge in [-0.25, -0.2) is 23.4 Å². The molecule has 0 amide bonds. The molecule has 1 unspecified atom stereocenters. The molecule has 3 aromatic rings. The van der Waals surface area contributed by atoms with Crippen molar-refractivity contribution in [2.45, 2.75) is 38.0 Å². The molecule has 0 radical (unpaired) electrons. The summed E-state index contributed by atoms with van der Waals surface area (Å²) in [5.41, 5.74) is -0.0701. The molecule has 2 fully saturated rings. The Morgan fingerprint density at radius 1 is 1.09 bits per heavy atom. The Kier molecular flexibility index (Phi) is 5.05. The number of anilines is 2. The summed E-state index contributed by atoms with van der Waals surface area (Å²) in [6, 6.07) is 1.15. The van der Waals surface area contributed by atoms with Crippen LogP contribution in [-0.4, -0.2) is 55.5 Å². The number of fused-ring (bicyclic) bond motifs is 2. The molecule has 2 aliphatic rings. The Bertz CT molecular complexity index is 1100. The van der Waals surface area contributed by atoms with E-state index in [9.17, 15) is 22.0 Å². The zero-order chi connectivity index (χ0) is 22.5. The van der Waals surface area contributed by atoms with Crippen molar-refractivity contribution < 1.29 is 22.0 Å². The van der Waals surface area contributed by atoms with Crippen molar-refractivity contribution in [1.29, 1.82) is 0 Å². The first-order valence-corrected chi connectivity index (χ1v) is 10.1. The summed E-state index contributed by atoms with van der Waals surface area (Å²) in [6.45, 7) is 0.652. The molecule has 3 atom stereocenters. The monoisotopic (exact) mass is 454 g/mol. The standard InChI is InChI=1S/C19H19F5N8/c20-15(21)9-32-18-14(5-27-32)25-6-16(29-18)28-13-1-10-7-31(8-11(10)2-13)17-3-12(4-26-30-17)19(22,23)24/h3-6,10-11,13,15H,1-2,7-9H2,(H,28,29)/t10-,11+,13?. The van der Waals surface area contributed by atoms with Crippen molar-refractivity contribution in [3.05, 3.63) is 30.2 Å². The molecule has 8 nitrogen and oxygen atoms in total. The van der Waals surface area contributed by atoms with E-state index in [0.717, 1.165) is 29.8 Å². The highest BCUT2D eigenvalue weighted by molar-refractivity contribution is 5.71. The van der Waals surface area contributed by atoms with Gasteiger partial charge in [-0.05, 0) is 30.7 Å². The molecule has 3 aromatic heterocycles. The average Bonchev–Trinajstić information content (AvgIpc) is 3.41. The van der Waals surface area contributed by atoms with Crippen molar-refractivity contribution in [3.63, 3.8) is 0 Å². The van der Waals surface area contributed by atoms with E-state index < -0.39 is 24.7 Å². The van der Waals surface area contributed by atoms with Crippen molar-refractivity contribution >= 4 is 22.8 Å². The van der Waals surface area contributed by atoms with E-state index in [4.69, 9.17) is 0 Å². The molecule has 1 aliphatic heterocycles. The lowest BCUT2D eigenvalue weighted by molar-refractivity contribution is -0.137. The number of aromatic nitrogens is 6. The van der Waals surface area contributed by atoms with Crippen LogP contribution >= 0.6 is 0 Å². The Morgan fingerprint density at radius 3 is 2.53 bits per heavy atom. The number of hydrogen-bond acceptors (Lipinski definition) is 7. The molecule has 170 valence electrons. The predicted octanol–water partition coefficient (Wildman–Crippen LogP) is 3.23. The van der Waals surface area contributed by atoms with Gasteiger partial charge in [0.05, 0.1) is 24.2 Å². The summed E-state index contributed by atoms with van der Waals surface area (Å²) in [5.74, 6) is 1.32. The Hall–Kier alpha value is -3.12. The first kappa shape index (κ1) is 20.8. The number of nitrogens with one attached hydrogen (secondary N) is 1. The van der Waals surface area contributed by atoms with Crippen LogP contribution in [0.15, 0.2) is 24.7 Å². The first-order valence-electron chi connectivity index (χ1n) is 10.1. The lowest BCUT2D eigenvalue weighted by atomic mass is 10.0. The maximum Gasteiger partial charge on any atom is 0.418 e. The van der Waals surface area contributed by atoms with E-state index >= 15 is 0 Å². The fourth-order valence-electron chi connectivity index (χ4n) is 4.66. The number of halogens is 5. The molecule has 0 bridgehead atoms. The van der Waals surface area contributed by atoms with Gasteiger partial charge in [0.25, 0.3) is 6.43 Å². The highest BCUT2D eigenvalue weighted by Gasteiger charge is 2.42. The fourth-order valence-corrected chi connectivity index (χ4v) is 4.66. The van der Waals surface area contributed by atoms with Gasteiger partial charge in [-0.3, -0.25) is 0 Å². The number of rotatable bonds is 5. The molecule has 32 heavy (non-hydrogen) atoms. The largest absolute Gasteiger partial charge is 0.418 e. The Balaban J connectivity index is 1.23. The van der Waals surface area contributed by atoms with Crippen LogP contribution in [0.3, 0.4) is 0 Å². The minimum Gasteiger partial charge on any atom is -0.366 e. The van der Waals surface area contributed by atoms with E-state index in [1.807, 2.05) is 4.90 Å². The highest BCUT2D eigenvalue weighted by Crippen LogP contribution is 2.41. The molecule has 0 aromatic carbocycles. The van der Waals surface area contributed by atoms with Crippen molar-refractivity contribution in [1.82, 2.24) is 29.9 Å². The normalized spacial score (nSPS) is 23.3. The second-order valence-corrected chi connectivity index (χ2v) is 8.22. The van der Waals surface area contributed by atoms with Crippen LogP contribution in [0.2, 0.25) is 0 Å². The van der Waals surface area contributed by atoms with Gasteiger partial charge in [0, 0.05) is 19.1 Å². The fraction of sp³-hybridized carbons (Fsp3) is 0.526. The molecule has 1 aliphatic carbocycles. The van der Waals surface area contributed by atoms with Gasteiger partial charge in [0.1, 0.15) is 17.9 Å². The molecule has 1 saturated carbocycles. The van der Waals surface area contributed by atoms with Gasteiger partial charge in [-0.15, -0.1) is 5.10 Å². The summed E-state index contributed by atoms with van der Waals surface area (Å²) in [6.07, 6.45) is -1.70. The lowest BCUT2D eigenvalue weighted by Gasteiger charge is -2.21. The summed E-state index contributed by atoms with van der Waals surface area (Å²) in [7, 11) is 0. The highest BCUT2D eigenvalue weighted by atomic mass is 19.4. The summed E-state index contributed by atoms with van der Waals surface area (Å²) < 4.78 is 65.5. The summed E-state index contributed by atoms with van der Waals surface area (Å²) >= 11 is 0. The Morgan fingerprint density at radius 2 is 1.84 bits per heavy atom. The van der Waals surface area contributed by atoms with Gasteiger partial charge >= 0.3 is 6.18 Å². The van der Waals surface area contributed by atoms with E-state index in [2.05, 4.69) is 30.6 Å². The van der Waals surface area contributed by atoms with Crippen LogP contribution < -0.4 is 10.2 Å². The summed E-state index contributed by atoms with van der Waals surface area (Å²) in [5, 5.41) is 14.6. The van der Waals surface area contributed by atoms with Gasteiger partial charge < -0.3 is 10.2 Å². The zero-order valence-electron chi connectivity index (χ0n) is 16.7. The Labute approximate surface area is 178 Å². The van der Waals surface area contributed by atoms with Crippen LogP contribution in [0.5, 0.6) is 0 Å². The number of hydrogen-bond donors (Lipinski definition) is 1. The molecule has 5 rings (SSSR count). The molecule has 4 heterocycles. The minimum absolute atomic E-state index is 0.109. The SMILES string of the molecule is FC(F)Cn1ncc2ncc(NC3C[C@@H]4CN(c5cc(C(F)(F)F)cnn5)C[C@@H]4C3)nc21. The van der Waals surface area contributed by atoms with Gasteiger partial charge in [0.15, 0.2) is 11.5 Å². The van der Waals surface area contributed by atoms with E-state index in [-0.39, 0.29) is 11.9 Å². The third-order valence-corrected chi connectivity index (χ3v) is 6.05. The van der Waals surface area contributed by atoms with Crippen LogP contribution in [0.4, 0.5) is 33.6 Å². The summed E-state index contributed by atoms with van der Waals surface area (Å²) in [4.78, 5) is 10.5. The van der Waals surface area contributed by atoms with Crippen molar-refractivity contribution in [2.24, 2.45) is 11.8 Å². The van der Waals surface area contributed by atoms with Gasteiger partial charge in [-0.2, -0.15) is 23.4 Å². The minimum atomic E-state index is -4.46. The van der Waals surface area contributed by atoms with Crippen LogP contribution in [0, 0.1) is 11.8 Å². The van der Waals surface area contributed by atoms with Crippen LogP contribution in [0.1, 0.15) is 18.4 Å². The molecule has 13 heteroatoms. The number of alkyl halides is 5. The molecule has 1 N–H and O–H groups in total. The maximum atomic E-state index is 13.0. The average molecular weight is 454 g/mol. The van der Waals surface area contributed by atoms with Gasteiger partial charge in [0.2, 0.25) is 0 Å². The quantitative estimate of drug-likeness (QED) is 0.593. The maximum absolute atomic E-state index is 13.0.